The first-order valence-electron chi connectivity index (χ1n) is 5.06. The van der Waals surface area contributed by atoms with Crippen LogP contribution >= 0.6 is 24.8 Å². The molecule has 0 saturated heterocycles. The van der Waals surface area contributed by atoms with Crippen LogP contribution in [0.1, 0.15) is 12.8 Å². The van der Waals surface area contributed by atoms with Crippen molar-refractivity contribution in [2.24, 2.45) is 0 Å². The SMILES string of the molecule is CNC1(CN(C)c2cccnc2)CC1.Cl.Cl. The zero-order valence-electron chi connectivity index (χ0n) is 9.64. The number of pyridine rings is 1. The third-order valence-corrected chi connectivity index (χ3v) is 3.01. The van der Waals surface area contributed by atoms with Crippen molar-refractivity contribution in [3.8, 4) is 0 Å². The van der Waals surface area contributed by atoms with Gasteiger partial charge in [-0.25, -0.2) is 0 Å². The normalized spacial score (nSPS) is 15.6. The van der Waals surface area contributed by atoms with Crippen LogP contribution < -0.4 is 10.2 Å². The van der Waals surface area contributed by atoms with E-state index in [1.165, 1.54) is 18.5 Å². The first-order chi connectivity index (χ1) is 6.76. The fourth-order valence-corrected chi connectivity index (χ4v) is 1.76. The second-order valence-electron chi connectivity index (χ2n) is 4.10. The molecule has 1 aliphatic carbocycles. The highest BCUT2D eigenvalue weighted by Gasteiger charge is 2.41. The number of hydrogen-bond donors (Lipinski definition) is 1. The summed E-state index contributed by atoms with van der Waals surface area (Å²) in [7, 11) is 4.17. The zero-order chi connectivity index (χ0) is 10.0. The molecule has 1 aromatic rings. The molecule has 5 heteroatoms. The predicted octanol–water partition coefficient (Wildman–Crippen LogP) is 2.11. The lowest BCUT2D eigenvalue weighted by molar-refractivity contribution is 0.549. The minimum Gasteiger partial charge on any atom is -0.372 e. The Morgan fingerprint density at radius 3 is 2.56 bits per heavy atom. The summed E-state index contributed by atoms with van der Waals surface area (Å²) < 4.78 is 0. The molecule has 3 nitrogen and oxygen atoms in total. The number of hydrogen-bond acceptors (Lipinski definition) is 3. The van der Waals surface area contributed by atoms with E-state index in [9.17, 15) is 0 Å². The molecule has 0 spiro atoms. The summed E-state index contributed by atoms with van der Waals surface area (Å²) in [4.78, 5) is 6.38. The number of aromatic nitrogens is 1. The van der Waals surface area contributed by atoms with Crippen molar-refractivity contribution >= 4 is 30.5 Å². The quantitative estimate of drug-likeness (QED) is 0.902. The number of likely N-dealkylation sites (N-methyl/N-ethyl adjacent to an activating group) is 2. The third kappa shape index (κ3) is 3.51. The molecule has 0 atom stereocenters. The summed E-state index contributed by atoms with van der Waals surface area (Å²) in [5.41, 5.74) is 1.55. The van der Waals surface area contributed by atoms with Gasteiger partial charge in [0.05, 0.1) is 11.9 Å². The van der Waals surface area contributed by atoms with Crippen LogP contribution in [0.4, 0.5) is 5.69 Å². The van der Waals surface area contributed by atoms with E-state index in [-0.39, 0.29) is 24.8 Å². The van der Waals surface area contributed by atoms with Crippen molar-refractivity contribution in [2.75, 3.05) is 25.5 Å². The fourth-order valence-electron chi connectivity index (χ4n) is 1.76. The zero-order valence-corrected chi connectivity index (χ0v) is 11.3. The van der Waals surface area contributed by atoms with E-state index < -0.39 is 0 Å². The van der Waals surface area contributed by atoms with Gasteiger partial charge in [-0.3, -0.25) is 4.98 Å². The minimum absolute atomic E-state index is 0. The Balaban J connectivity index is 0.00000112. The second kappa shape index (κ2) is 6.28. The molecule has 1 saturated carbocycles. The van der Waals surface area contributed by atoms with E-state index in [0.29, 0.717) is 5.54 Å². The van der Waals surface area contributed by atoms with Gasteiger partial charge in [-0.15, -0.1) is 24.8 Å². The maximum Gasteiger partial charge on any atom is 0.0550 e. The Morgan fingerprint density at radius 2 is 2.12 bits per heavy atom. The lowest BCUT2D eigenvalue weighted by Crippen LogP contribution is -2.39. The van der Waals surface area contributed by atoms with Gasteiger partial charge in [0.2, 0.25) is 0 Å². The number of halogens is 2. The van der Waals surface area contributed by atoms with Gasteiger partial charge >= 0.3 is 0 Å². The average Bonchev–Trinajstić information content (AvgIpc) is 3.00. The summed E-state index contributed by atoms with van der Waals surface area (Å²) >= 11 is 0. The first kappa shape index (κ1) is 15.5. The Morgan fingerprint density at radius 1 is 1.44 bits per heavy atom. The van der Waals surface area contributed by atoms with E-state index in [4.69, 9.17) is 0 Å². The van der Waals surface area contributed by atoms with Gasteiger partial charge in [-0.05, 0) is 32.0 Å². The summed E-state index contributed by atoms with van der Waals surface area (Å²) in [5.74, 6) is 0. The highest BCUT2D eigenvalue weighted by atomic mass is 35.5. The van der Waals surface area contributed by atoms with Crippen LogP contribution in [0.5, 0.6) is 0 Å². The largest absolute Gasteiger partial charge is 0.372 e. The molecule has 1 fully saturated rings. The fraction of sp³-hybridized carbons (Fsp3) is 0.545. The van der Waals surface area contributed by atoms with Crippen LogP contribution in [-0.2, 0) is 0 Å². The molecule has 0 unspecified atom stereocenters. The molecule has 1 N–H and O–H groups in total. The van der Waals surface area contributed by atoms with Crippen LogP contribution in [0.15, 0.2) is 24.5 Å². The minimum atomic E-state index is 0. The van der Waals surface area contributed by atoms with E-state index in [2.05, 4.69) is 28.3 Å². The molecular weight excluding hydrogens is 245 g/mol. The lowest BCUT2D eigenvalue weighted by Gasteiger charge is -2.24. The highest BCUT2D eigenvalue weighted by molar-refractivity contribution is 5.85. The van der Waals surface area contributed by atoms with Crippen molar-refractivity contribution in [1.82, 2.24) is 10.3 Å². The Kier molecular flexibility index (Phi) is 6.08. The van der Waals surface area contributed by atoms with E-state index in [0.717, 1.165) is 6.54 Å². The summed E-state index contributed by atoms with van der Waals surface area (Å²) in [5, 5.41) is 3.39. The molecule has 16 heavy (non-hydrogen) atoms. The second-order valence-corrected chi connectivity index (χ2v) is 4.10. The van der Waals surface area contributed by atoms with Crippen LogP contribution in [-0.4, -0.2) is 31.2 Å². The van der Waals surface area contributed by atoms with Gasteiger partial charge in [0, 0.05) is 25.3 Å². The maximum absolute atomic E-state index is 4.12. The molecule has 92 valence electrons. The van der Waals surface area contributed by atoms with Gasteiger partial charge in [-0.1, -0.05) is 0 Å². The number of anilines is 1. The monoisotopic (exact) mass is 263 g/mol. The Hall–Kier alpha value is -0.510. The first-order valence-corrected chi connectivity index (χ1v) is 5.06. The number of nitrogens with one attached hydrogen (secondary N) is 1. The molecule has 2 rings (SSSR count). The van der Waals surface area contributed by atoms with E-state index in [1.54, 1.807) is 0 Å². The van der Waals surface area contributed by atoms with Gasteiger partial charge in [-0.2, -0.15) is 0 Å². The molecule has 0 radical (unpaired) electrons. The molecule has 0 amide bonds. The van der Waals surface area contributed by atoms with Gasteiger partial charge < -0.3 is 10.2 Å². The van der Waals surface area contributed by atoms with E-state index >= 15 is 0 Å². The highest BCUT2D eigenvalue weighted by Crippen LogP contribution is 2.36. The van der Waals surface area contributed by atoms with Crippen molar-refractivity contribution in [2.45, 2.75) is 18.4 Å². The van der Waals surface area contributed by atoms with Crippen molar-refractivity contribution in [3.05, 3.63) is 24.5 Å². The van der Waals surface area contributed by atoms with Crippen molar-refractivity contribution < 1.29 is 0 Å². The molecule has 0 aromatic carbocycles. The van der Waals surface area contributed by atoms with Crippen LogP contribution in [0.2, 0.25) is 0 Å². The molecule has 0 bridgehead atoms. The summed E-state index contributed by atoms with van der Waals surface area (Å²) in [6.45, 7) is 1.06. The van der Waals surface area contributed by atoms with Crippen LogP contribution in [0, 0.1) is 0 Å². The van der Waals surface area contributed by atoms with Crippen LogP contribution in [0.3, 0.4) is 0 Å². The van der Waals surface area contributed by atoms with Crippen molar-refractivity contribution in [3.63, 3.8) is 0 Å². The lowest BCUT2D eigenvalue weighted by atomic mass is 10.2. The van der Waals surface area contributed by atoms with Gasteiger partial charge in [0.25, 0.3) is 0 Å². The van der Waals surface area contributed by atoms with E-state index in [1.807, 2.05) is 25.5 Å². The Labute approximate surface area is 109 Å². The van der Waals surface area contributed by atoms with Gasteiger partial charge in [0.15, 0.2) is 0 Å². The maximum atomic E-state index is 4.12. The standard InChI is InChI=1S/C11H17N3.2ClH/c1-12-11(5-6-11)9-14(2)10-4-3-7-13-8-10;;/h3-4,7-8,12H,5-6,9H2,1-2H3;2*1H. The van der Waals surface area contributed by atoms with Gasteiger partial charge in [0.1, 0.15) is 0 Å². The average molecular weight is 264 g/mol. The van der Waals surface area contributed by atoms with Crippen molar-refractivity contribution in [1.29, 1.82) is 0 Å². The topological polar surface area (TPSA) is 28.2 Å². The smallest absolute Gasteiger partial charge is 0.0550 e. The Bertz CT molecular complexity index is 301. The molecular formula is C11H19Cl2N3. The molecule has 1 heterocycles. The summed E-state index contributed by atoms with van der Waals surface area (Å²) in [6.07, 6.45) is 6.29. The number of nitrogens with zero attached hydrogens (tertiary/aromatic N) is 2. The number of rotatable bonds is 4. The molecule has 1 aromatic heterocycles. The summed E-state index contributed by atoms with van der Waals surface area (Å²) in [6, 6.07) is 4.07. The van der Waals surface area contributed by atoms with Crippen LogP contribution in [0.25, 0.3) is 0 Å². The molecule has 1 aliphatic rings. The predicted molar refractivity (Wildman–Crippen MR) is 73.0 cm³/mol. The molecule has 0 aliphatic heterocycles. The third-order valence-electron chi connectivity index (χ3n) is 3.01.